The lowest BCUT2D eigenvalue weighted by Crippen LogP contribution is -2.30. The molecule has 0 fully saturated rings. The number of rotatable bonds is 88. The molecule has 0 amide bonds. The van der Waals surface area contributed by atoms with E-state index in [1.54, 1.807) is 0 Å². The third kappa shape index (κ3) is 81.0. The van der Waals surface area contributed by atoms with Gasteiger partial charge in [0.25, 0.3) is 0 Å². The molecule has 19 heteroatoms. The van der Waals surface area contributed by atoms with Crippen molar-refractivity contribution in [3.8, 4) is 0 Å². The molecular weight excluding hydrogens is 1410 g/mol. The molecule has 0 bridgehead atoms. The van der Waals surface area contributed by atoms with Crippen molar-refractivity contribution in [1.82, 2.24) is 0 Å². The molecular formula is C90H176O17P2. The second kappa shape index (κ2) is 79.9. The van der Waals surface area contributed by atoms with Gasteiger partial charge in [0.1, 0.15) is 19.3 Å². The van der Waals surface area contributed by atoms with E-state index < -0.39 is 97.5 Å². The molecule has 0 aromatic carbocycles. The molecule has 0 aliphatic heterocycles. The van der Waals surface area contributed by atoms with Crippen LogP contribution in [0.15, 0.2) is 0 Å². The first-order valence-corrected chi connectivity index (χ1v) is 49.4. The van der Waals surface area contributed by atoms with E-state index in [2.05, 4.69) is 48.5 Å². The number of unbranched alkanes of at least 4 members (excludes halogenated alkanes) is 54. The lowest BCUT2D eigenvalue weighted by Gasteiger charge is -2.21. The Morgan fingerprint density at radius 3 is 0.697 bits per heavy atom. The fourth-order valence-corrected chi connectivity index (χ4v) is 15.6. The molecule has 0 rings (SSSR count). The average Bonchev–Trinajstić information content (AvgIpc) is 0.901. The first kappa shape index (κ1) is 107. The van der Waals surface area contributed by atoms with Gasteiger partial charge in [-0.3, -0.25) is 37.3 Å². The quantitative estimate of drug-likeness (QED) is 0.0222. The maximum absolute atomic E-state index is 13.2. The Balaban J connectivity index is 5.24. The van der Waals surface area contributed by atoms with Crippen LogP contribution in [-0.2, 0) is 65.4 Å². The summed E-state index contributed by atoms with van der Waals surface area (Å²) in [6, 6.07) is 0. The zero-order valence-electron chi connectivity index (χ0n) is 72.0. The van der Waals surface area contributed by atoms with E-state index in [0.29, 0.717) is 25.7 Å². The van der Waals surface area contributed by atoms with Crippen molar-refractivity contribution >= 4 is 39.5 Å². The number of carbonyl (C=O) groups excluding carboxylic acids is 4. The second-order valence-electron chi connectivity index (χ2n) is 33.3. The summed E-state index contributed by atoms with van der Waals surface area (Å²) in [5, 5.41) is 10.7. The SMILES string of the molecule is CCCCCCCCCCCCCCCCCCCCCCCCC(=O)O[C@H](COC(=O)CCCCCCCCCCCCCCCCC(C)CC)COP(=O)(O)OC[C@@H](O)COP(=O)(O)OC[C@@H](COC(=O)CCCCCCCCCCC(C)C)OC(=O)CCCCCCCCCCCCCCCCC(C)CC. The number of hydrogen-bond acceptors (Lipinski definition) is 15. The first-order valence-electron chi connectivity index (χ1n) is 46.4. The monoisotopic (exact) mass is 1590 g/mol. The summed E-state index contributed by atoms with van der Waals surface area (Å²) in [5.74, 6) is 0.321. The molecule has 17 nitrogen and oxygen atoms in total. The zero-order chi connectivity index (χ0) is 80.0. The van der Waals surface area contributed by atoms with E-state index in [9.17, 15) is 43.2 Å². The Morgan fingerprint density at radius 1 is 0.266 bits per heavy atom. The van der Waals surface area contributed by atoms with Crippen molar-refractivity contribution in [3.63, 3.8) is 0 Å². The van der Waals surface area contributed by atoms with E-state index in [-0.39, 0.29) is 25.7 Å². The molecule has 0 aliphatic carbocycles. The standard InChI is InChI=1S/C90H176O17P2/c1-8-11-12-13-14-15-16-17-18-19-20-21-22-23-24-25-33-38-43-52-59-66-73-89(94)106-85(77-100-87(92)71-64-57-50-42-37-32-28-26-30-35-40-48-55-62-69-82(6)9-2)79-104-108(96,97)102-75-84(91)76-103-109(98,99)105-80-86(78-101-88(93)72-65-58-51-46-45-47-54-61-68-81(4)5)107-90(95)74-67-60-53-44-39-34-29-27-31-36-41-49-56-63-70-83(7)10-3/h81-86,91H,8-80H2,1-7H3,(H,96,97)(H,98,99)/t82?,83?,84-,85-,86-/m1/s1. The summed E-state index contributed by atoms with van der Waals surface area (Å²) in [6.07, 6.45) is 72.2. The first-order chi connectivity index (χ1) is 52.8. The van der Waals surface area contributed by atoms with Crippen LogP contribution in [-0.4, -0.2) is 96.7 Å². The maximum Gasteiger partial charge on any atom is 0.472 e. The van der Waals surface area contributed by atoms with Gasteiger partial charge in [0.15, 0.2) is 12.2 Å². The average molecular weight is 1590 g/mol. The molecule has 7 atom stereocenters. The Hall–Kier alpha value is -1.94. The van der Waals surface area contributed by atoms with Crippen LogP contribution in [0.2, 0.25) is 0 Å². The highest BCUT2D eigenvalue weighted by molar-refractivity contribution is 7.47. The summed E-state index contributed by atoms with van der Waals surface area (Å²) in [5.41, 5.74) is 0. The maximum atomic E-state index is 13.2. The molecule has 0 spiro atoms. The minimum Gasteiger partial charge on any atom is -0.462 e. The van der Waals surface area contributed by atoms with Gasteiger partial charge in [-0.15, -0.1) is 0 Å². The highest BCUT2D eigenvalue weighted by Gasteiger charge is 2.31. The van der Waals surface area contributed by atoms with Crippen molar-refractivity contribution in [3.05, 3.63) is 0 Å². The largest absolute Gasteiger partial charge is 0.472 e. The Morgan fingerprint density at radius 2 is 0.468 bits per heavy atom. The van der Waals surface area contributed by atoms with Crippen LogP contribution in [0.4, 0.5) is 0 Å². The number of phosphoric ester groups is 2. The van der Waals surface area contributed by atoms with Crippen LogP contribution in [0.3, 0.4) is 0 Å². The summed E-state index contributed by atoms with van der Waals surface area (Å²) in [4.78, 5) is 73.4. The third-order valence-corrected chi connectivity index (χ3v) is 23.8. The Labute approximate surface area is 670 Å². The molecule has 4 unspecified atom stereocenters. The van der Waals surface area contributed by atoms with Gasteiger partial charge in [0, 0.05) is 25.7 Å². The van der Waals surface area contributed by atoms with Crippen molar-refractivity contribution in [2.24, 2.45) is 17.8 Å². The van der Waals surface area contributed by atoms with Gasteiger partial charge in [-0.1, -0.05) is 427 Å². The van der Waals surface area contributed by atoms with Crippen LogP contribution in [0.5, 0.6) is 0 Å². The van der Waals surface area contributed by atoms with Crippen LogP contribution in [0.1, 0.15) is 479 Å². The molecule has 3 N–H and O–H groups in total. The number of carbonyl (C=O) groups is 4. The minimum absolute atomic E-state index is 0.107. The molecule has 0 heterocycles. The van der Waals surface area contributed by atoms with E-state index >= 15 is 0 Å². The number of aliphatic hydroxyl groups excluding tert-OH is 1. The van der Waals surface area contributed by atoms with Gasteiger partial charge in [-0.2, -0.15) is 0 Å². The fourth-order valence-electron chi connectivity index (χ4n) is 14.0. The fraction of sp³-hybridized carbons (Fsp3) is 0.956. The van der Waals surface area contributed by atoms with Crippen LogP contribution in [0, 0.1) is 17.8 Å². The zero-order valence-corrected chi connectivity index (χ0v) is 73.8. The van der Waals surface area contributed by atoms with Gasteiger partial charge in [0.05, 0.1) is 26.4 Å². The van der Waals surface area contributed by atoms with E-state index in [0.717, 1.165) is 108 Å². The van der Waals surface area contributed by atoms with Gasteiger partial charge >= 0.3 is 39.5 Å². The summed E-state index contributed by atoms with van der Waals surface area (Å²) >= 11 is 0. The molecule has 0 saturated carbocycles. The molecule has 109 heavy (non-hydrogen) atoms. The predicted octanol–water partition coefficient (Wildman–Crippen LogP) is 27.6. The van der Waals surface area contributed by atoms with Crippen molar-refractivity contribution in [1.29, 1.82) is 0 Å². The van der Waals surface area contributed by atoms with Gasteiger partial charge in [-0.05, 0) is 43.4 Å². The molecule has 0 aromatic rings. The highest BCUT2D eigenvalue weighted by atomic mass is 31.2. The summed E-state index contributed by atoms with van der Waals surface area (Å²) < 4.78 is 69.0. The lowest BCUT2D eigenvalue weighted by molar-refractivity contribution is -0.161. The van der Waals surface area contributed by atoms with E-state index in [4.69, 9.17) is 37.0 Å². The topological polar surface area (TPSA) is 237 Å². The smallest absolute Gasteiger partial charge is 0.462 e. The third-order valence-electron chi connectivity index (χ3n) is 21.9. The van der Waals surface area contributed by atoms with Crippen LogP contribution < -0.4 is 0 Å². The minimum atomic E-state index is -4.97. The van der Waals surface area contributed by atoms with Crippen molar-refractivity contribution in [2.75, 3.05) is 39.6 Å². The van der Waals surface area contributed by atoms with Gasteiger partial charge in [-0.25, -0.2) is 9.13 Å². The lowest BCUT2D eigenvalue weighted by atomic mass is 9.99. The number of hydrogen-bond donors (Lipinski definition) is 3. The summed E-state index contributed by atoms with van der Waals surface area (Å²) in [7, 11) is -9.94. The van der Waals surface area contributed by atoms with Crippen LogP contribution >= 0.6 is 15.6 Å². The Bertz CT molecular complexity index is 2100. The van der Waals surface area contributed by atoms with Gasteiger partial charge < -0.3 is 33.8 Å². The number of phosphoric acid groups is 2. The molecule has 0 aliphatic rings. The Kier molecular flexibility index (Phi) is 78.5. The number of esters is 4. The van der Waals surface area contributed by atoms with E-state index in [1.165, 1.54) is 289 Å². The van der Waals surface area contributed by atoms with Gasteiger partial charge in [0.2, 0.25) is 0 Å². The summed E-state index contributed by atoms with van der Waals surface area (Å²) in [6.45, 7) is 12.1. The number of aliphatic hydroxyl groups is 1. The second-order valence-corrected chi connectivity index (χ2v) is 36.2. The van der Waals surface area contributed by atoms with E-state index in [1.807, 2.05) is 0 Å². The molecule has 0 saturated heterocycles. The van der Waals surface area contributed by atoms with Crippen molar-refractivity contribution < 1.29 is 80.2 Å². The van der Waals surface area contributed by atoms with Crippen LogP contribution in [0.25, 0.3) is 0 Å². The van der Waals surface area contributed by atoms with Crippen molar-refractivity contribution in [2.45, 2.75) is 497 Å². The normalized spacial score (nSPS) is 14.3. The number of ether oxygens (including phenoxy) is 4. The highest BCUT2D eigenvalue weighted by Crippen LogP contribution is 2.45. The molecule has 0 radical (unpaired) electrons. The molecule has 0 aromatic heterocycles. The molecule has 648 valence electrons. The predicted molar refractivity (Wildman–Crippen MR) is 451 cm³/mol.